The van der Waals surface area contributed by atoms with Gasteiger partial charge in [-0.2, -0.15) is 0 Å². The van der Waals surface area contributed by atoms with Crippen molar-refractivity contribution >= 4 is 5.91 Å². The van der Waals surface area contributed by atoms with E-state index in [0.717, 1.165) is 32.4 Å². The Morgan fingerprint density at radius 1 is 0.963 bits per heavy atom. The molecule has 1 amide bonds. The minimum atomic E-state index is -0.0394. The first kappa shape index (κ1) is 17.5. The molecule has 0 atom stereocenters. The number of aromatic nitrogens is 1. The molecule has 0 saturated carbocycles. The van der Waals surface area contributed by atoms with E-state index in [1.165, 1.54) is 29.3 Å². The van der Waals surface area contributed by atoms with Gasteiger partial charge in [-0.15, -0.1) is 0 Å². The van der Waals surface area contributed by atoms with E-state index < -0.39 is 0 Å². The quantitative estimate of drug-likeness (QED) is 0.655. The molecule has 4 heteroatoms. The first-order valence-electron chi connectivity index (χ1n) is 9.64. The molecule has 1 fully saturated rings. The minimum Gasteiger partial charge on any atom is -0.351 e. The lowest BCUT2D eigenvalue weighted by Crippen LogP contribution is -2.38. The number of nitrogens with zero attached hydrogens (tertiary/aromatic N) is 2. The lowest BCUT2D eigenvalue weighted by atomic mass is 9.90. The van der Waals surface area contributed by atoms with Gasteiger partial charge < -0.3 is 9.42 Å². The molecule has 0 spiro atoms. The number of rotatable bonds is 5. The summed E-state index contributed by atoms with van der Waals surface area (Å²) in [5.41, 5.74) is 3.90. The summed E-state index contributed by atoms with van der Waals surface area (Å²) in [5, 5.41) is 3.62. The maximum Gasteiger partial charge on any atom is 0.292 e. The minimum absolute atomic E-state index is 0.0394. The molecule has 2 heterocycles. The third-order valence-corrected chi connectivity index (χ3v) is 5.45. The van der Waals surface area contributed by atoms with Gasteiger partial charge in [-0.3, -0.25) is 4.79 Å². The van der Waals surface area contributed by atoms with E-state index in [2.05, 4.69) is 53.7 Å². The summed E-state index contributed by atoms with van der Waals surface area (Å²) < 4.78 is 4.98. The summed E-state index contributed by atoms with van der Waals surface area (Å²) >= 11 is 0. The average Bonchev–Trinajstić information content (AvgIpc) is 3.28. The summed E-state index contributed by atoms with van der Waals surface area (Å²) in [6.07, 6.45) is 5.90. The van der Waals surface area contributed by atoms with Crippen LogP contribution in [0.25, 0.3) is 11.1 Å². The van der Waals surface area contributed by atoms with Crippen molar-refractivity contribution in [3.8, 4) is 11.1 Å². The van der Waals surface area contributed by atoms with E-state index in [-0.39, 0.29) is 5.91 Å². The van der Waals surface area contributed by atoms with E-state index in [1.807, 2.05) is 11.0 Å². The Hall–Kier alpha value is -2.88. The third-order valence-electron chi connectivity index (χ3n) is 5.45. The monoisotopic (exact) mass is 360 g/mol. The van der Waals surface area contributed by atoms with Gasteiger partial charge in [0.2, 0.25) is 5.76 Å². The molecule has 4 nitrogen and oxygen atoms in total. The fourth-order valence-corrected chi connectivity index (χ4v) is 3.77. The standard InChI is InChI=1S/C23H24N2O2/c26-23(22-12-15-24-27-22)25-16-13-19(14-17-25)7-6-18-8-10-21(11-9-18)20-4-2-1-3-5-20/h1-5,8-12,15,19H,6-7,13-14,16-17H2. The number of aryl methyl sites for hydroxylation is 1. The second-order valence-electron chi connectivity index (χ2n) is 7.21. The molecule has 27 heavy (non-hydrogen) atoms. The van der Waals surface area contributed by atoms with Gasteiger partial charge in [0.1, 0.15) is 0 Å². The van der Waals surface area contributed by atoms with Crippen molar-refractivity contribution in [1.29, 1.82) is 0 Å². The predicted octanol–water partition coefficient (Wildman–Crippen LogP) is 4.83. The molecule has 4 rings (SSSR count). The van der Waals surface area contributed by atoms with Crippen LogP contribution in [0.5, 0.6) is 0 Å². The Kier molecular flexibility index (Phi) is 5.33. The van der Waals surface area contributed by atoms with Crippen molar-refractivity contribution < 1.29 is 9.32 Å². The molecule has 1 aliphatic heterocycles. The second-order valence-corrected chi connectivity index (χ2v) is 7.21. The van der Waals surface area contributed by atoms with Gasteiger partial charge in [0, 0.05) is 19.2 Å². The summed E-state index contributed by atoms with van der Waals surface area (Å²) in [5.74, 6) is 0.979. The summed E-state index contributed by atoms with van der Waals surface area (Å²) in [6.45, 7) is 1.61. The van der Waals surface area contributed by atoms with Crippen LogP contribution in [0.3, 0.4) is 0 Å². The molecule has 0 aliphatic carbocycles. The molecule has 0 bridgehead atoms. The zero-order valence-corrected chi connectivity index (χ0v) is 15.4. The van der Waals surface area contributed by atoms with E-state index in [1.54, 1.807) is 6.07 Å². The number of piperidine rings is 1. The first-order chi connectivity index (χ1) is 13.3. The van der Waals surface area contributed by atoms with Gasteiger partial charge in [-0.25, -0.2) is 0 Å². The van der Waals surface area contributed by atoms with Crippen LogP contribution in [-0.2, 0) is 6.42 Å². The average molecular weight is 360 g/mol. The van der Waals surface area contributed by atoms with Crippen LogP contribution in [0.2, 0.25) is 0 Å². The van der Waals surface area contributed by atoms with E-state index in [0.29, 0.717) is 11.7 Å². The van der Waals surface area contributed by atoms with Crippen LogP contribution in [0.4, 0.5) is 0 Å². The molecule has 0 unspecified atom stereocenters. The fourth-order valence-electron chi connectivity index (χ4n) is 3.77. The highest BCUT2D eigenvalue weighted by molar-refractivity contribution is 5.91. The molecule has 1 aliphatic rings. The Morgan fingerprint density at radius 3 is 2.33 bits per heavy atom. The fraction of sp³-hybridized carbons (Fsp3) is 0.304. The van der Waals surface area contributed by atoms with Gasteiger partial charge in [0.05, 0.1) is 6.20 Å². The second kappa shape index (κ2) is 8.21. The van der Waals surface area contributed by atoms with Crippen molar-refractivity contribution in [2.24, 2.45) is 5.92 Å². The number of hydrogen-bond acceptors (Lipinski definition) is 3. The zero-order valence-electron chi connectivity index (χ0n) is 15.4. The van der Waals surface area contributed by atoms with Gasteiger partial charge in [0.25, 0.3) is 5.91 Å². The molecule has 1 aromatic heterocycles. The summed E-state index contributed by atoms with van der Waals surface area (Å²) in [6, 6.07) is 21.0. The molecule has 0 N–H and O–H groups in total. The SMILES string of the molecule is O=C(c1ccno1)N1CCC(CCc2ccc(-c3ccccc3)cc2)CC1. The zero-order chi connectivity index (χ0) is 18.5. The molecule has 1 saturated heterocycles. The third kappa shape index (κ3) is 4.27. The van der Waals surface area contributed by atoms with E-state index >= 15 is 0 Å². The van der Waals surface area contributed by atoms with Crippen LogP contribution >= 0.6 is 0 Å². The highest BCUT2D eigenvalue weighted by Crippen LogP contribution is 2.25. The Morgan fingerprint density at radius 2 is 1.67 bits per heavy atom. The number of likely N-dealkylation sites (tertiary alicyclic amines) is 1. The summed E-state index contributed by atoms with van der Waals surface area (Å²) in [7, 11) is 0. The van der Waals surface area contributed by atoms with Crippen molar-refractivity contribution in [2.45, 2.75) is 25.7 Å². The van der Waals surface area contributed by atoms with Crippen molar-refractivity contribution in [1.82, 2.24) is 10.1 Å². The van der Waals surface area contributed by atoms with Crippen LogP contribution < -0.4 is 0 Å². The number of carbonyl (C=O) groups is 1. The largest absolute Gasteiger partial charge is 0.351 e. The molecular formula is C23H24N2O2. The number of carbonyl (C=O) groups excluding carboxylic acids is 1. The Balaban J connectivity index is 1.26. The number of amides is 1. The predicted molar refractivity (Wildman–Crippen MR) is 105 cm³/mol. The molecule has 138 valence electrons. The smallest absolute Gasteiger partial charge is 0.292 e. The molecule has 3 aromatic rings. The number of benzene rings is 2. The van der Waals surface area contributed by atoms with Crippen LogP contribution in [0, 0.1) is 5.92 Å². The maximum absolute atomic E-state index is 12.3. The van der Waals surface area contributed by atoms with Crippen molar-refractivity contribution in [3.05, 3.63) is 78.2 Å². The van der Waals surface area contributed by atoms with E-state index in [4.69, 9.17) is 4.52 Å². The Labute approximate surface area is 159 Å². The van der Waals surface area contributed by atoms with Gasteiger partial charge >= 0.3 is 0 Å². The summed E-state index contributed by atoms with van der Waals surface area (Å²) in [4.78, 5) is 14.2. The lowest BCUT2D eigenvalue weighted by Gasteiger charge is -2.31. The first-order valence-corrected chi connectivity index (χ1v) is 9.64. The van der Waals surface area contributed by atoms with Gasteiger partial charge in [-0.05, 0) is 48.3 Å². The highest BCUT2D eigenvalue weighted by Gasteiger charge is 2.25. The van der Waals surface area contributed by atoms with Crippen LogP contribution in [0.15, 0.2) is 71.4 Å². The highest BCUT2D eigenvalue weighted by atomic mass is 16.5. The maximum atomic E-state index is 12.3. The molecule has 2 aromatic carbocycles. The topological polar surface area (TPSA) is 46.3 Å². The van der Waals surface area contributed by atoms with Crippen molar-refractivity contribution in [2.75, 3.05) is 13.1 Å². The van der Waals surface area contributed by atoms with Crippen LogP contribution in [0.1, 0.15) is 35.4 Å². The number of hydrogen-bond donors (Lipinski definition) is 0. The lowest BCUT2D eigenvalue weighted by molar-refractivity contribution is 0.0645. The van der Waals surface area contributed by atoms with Gasteiger partial charge in [0.15, 0.2) is 0 Å². The normalized spacial score (nSPS) is 15.0. The van der Waals surface area contributed by atoms with Crippen molar-refractivity contribution in [3.63, 3.8) is 0 Å². The van der Waals surface area contributed by atoms with Gasteiger partial charge in [-0.1, -0.05) is 59.8 Å². The van der Waals surface area contributed by atoms with Crippen LogP contribution in [-0.4, -0.2) is 29.1 Å². The Bertz CT molecular complexity index is 849. The molecular weight excluding hydrogens is 336 g/mol. The van der Waals surface area contributed by atoms with E-state index in [9.17, 15) is 4.79 Å². The molecule has 0 radical (unpaired) electrons.